The van der Waals surface area contributed by atoms with Crippen LogP contribution in [0.3, 0.4) is 0 Å². The lowest BCUT2D eigenvalue weighted by atomic mass is 10.0. The zero-order chi connectivity index (χ0) is 31.9. The molecule has 0 fully saturated rings. The lowest BCUT2D eigenvalue weighted by Crippen LogP contribution is -2.32. The number of benzene rings is 2. The summed E-state index contributed by atoms with van der Waals surface area (Å²) in [6, 6.07) is 17.0. The van der Waals surface area contributed by atoms with Crippen molar-refractivity contribution in [1.29, 1.82) is 0 Å². The van der Waals surface area contributed by atoms with Gasteiger partial charge in [0.1, 0.15) is 10.9 Å². The Hall–Kier alpha value is -5.78. The maximum Gasteiger partial charge on any atom is 0.264 e. The van der Waals surface area contributed by atoms with Crippen LogP contribution in [0.5, 0.6) is 0 Å². The van der Waals surface area contributed by atoms with E-state index in [1.165, 1.54) is 22.2 Å². The molecule has 0 radical (unpaired) electrons. The highest BCUT2D eigenvalue weighted by molar-refractivity contribution is 7.92. The van der Waals surface area contributed by atoms with Gasteiger partial charge in [0.25, 0.3) is 11.5 Å². The molecule has 2 aromatic carbocycles. The molecule has 13 nitrogen and oxygen atoms in total. The number of hydrogen-bond donors (Lipinski definition) is 4. The topological polar surface area (TPSA) is 196 Å². The Bertz CT molecular complexity index is 2330. The van der Waals surface area contributed by atoms with Gasteiger partial charge in [-0.2, -0.15) is 5.10 Å². The van der Waals surface area contributed by atoms with E-state index in [-0.39, 0.29) is 27.5 Å². The number of nitrogens with one attached hydrogen (secondary N) is 2. The molecule has 4 aromatic heterocycles. The number of aromatic amines is 1. The molecule has 1 unspecified atom stereocenters. The minimum Gasteiger partial charge on any atom is -0.381 e. The van der Waals surface area contributed by atoms with Crippen LogP contribution in [0.15, 0.2) is 89.1 Å². The molecule has 0 saturated carbocycles. The zero-order valence-corrected chi connectivity index (χ0v) is 24.9. The van der Waals surface area contributed by atoms with Gasteiger partial charge < -0.3 is 16.8 Å². The number of nitrogens with zero attached hydrogens (tertiary/aromatic N) is 5. The first-order chi connectivity index (χ1) is 21.6. The van der Waals surface area contributed by atoms with Crippen LogP contribution in [0, 0.1) is 11.8 Å². The number of carbonyl (C=O) groups is 1. The summed E-state index contributed by atoms with van der Waals surface area (Å²) in [4.78, 5) is 32.0. The van der Waals surface area contributed by atoms with Gasteiger partial charge in [-0.1, -0.05) is 42.2 Å². The molecule has 6 aromatic rings. The van der Waals surface area contributed by atoms with Crippen LogP contribution >= 0.6 is 0 Å². The summed E-state index contributed by atoms with van der Waals surface area (Å²) >= 11 is 0. The van der Waals surface area contributed by atoms with Crippen molar-refractivity contribution < 1.29 is 13.2 Å². The number of hydrogen-bond acceptors (Lipinski definition) is 9. The summed E-state index contributed by atoms with van der Waals surface area (Å²) in [6.07, 6.45) is 4.48. The Morgan fingerprint density at radius 1 is 1.04 bits per heavy atom. The number of para-hydroxylation sites is 1. The van der Waals surface area contributed by atoms with Gasteiger partial charge >= 0.3 is 0 Å². The molecule has 226 valence electrons. The Morgan fingerprint density at radius 3 is 2.56 bits per heavy atom. The average molecular weight is 622 g/mol. The van der Waals surface area contributed by atoms with Gasteiger partial charge in [0.2, 0.25) is 9.84 Å². The smallest absolute Gasteiger partial charge is 0.264 e. The lowest BCUT2D eigenvalue weighted by Gasteiger charge is -2.21. The molecular weight excluding hydrogens is 594 g/mol. The van der Waals surface area contributed by atoms with Gasteiger partial charge in [-0.15, -0.1) is 5.10 Å². The van der Waals surface area contributed by atoms with E-state index in [4.69, 9.17) is 11.5 Å². The predicted molar refractivity (Wildman–Crippen MR) is 168 cm³/mol. The fourth-order valence-electron chi connectivity index (χ4n) is 5.01. The molecule has 0 bridgehead atoms. The van der Waals surface area contributed by atoms with E-state index in [2.05, 4.69) is 37.4 Å². The van der Waals surface area contributed by atoms with Gasteiger partial charge in [-0.25, -0.2) is 17.9 Å². The quantitative estimate of drug-likeness (QED) is 0.202. The van der Waals surface area contributed by atoms with Crippen molar-refractivity contribution in [3.05, 3.63) is 112 Å². The fraction of sp³-hybridized carbons (Fsp3) is 0.129. The van der Waals surface area contributed by atoms with Crippen LogP contribution in [0.1, 0.15) is 47.1 Å². The summed E-state index contributed by atoms with van der Waals surface area (Å²) in [6.45, 7) is 3.12. The molecule has 45 heavy (non-hydrogen) atoms. The van der Waals surface area contributed by atoms with Gasteiger partial charge in [-0.3, -0.25) is 19.3 Å². The van der Waals surface area contributed by atoms with E-state index < -0.39 is 27.2 Å². The maximum atomic E-state index is 14.3. The highest BCUT2D eigenvalue weighted by Gasteiger charge is 2.26. The normalized spacial score (nSPS) is 12.9. The molecule has 1 amide bonds. The third-order valence-electron chi connectivity index (χ3n) is 7.24. The van der Waals surface area contributed by atoms with E-state index in [1.54, 1.807) is 73.9 Å². The van der Waals surface area contributed by atoms with Crippen molar-refractivity contribution in [3.8, 4) is 17.5 Å². The second-order valence-corrected chi connectivity index (χ2v) is 12.5. The summed E-state index contributed by atoms with van der Waals surface area (Å²) in [5.41, 5.74) is 13.4. The van der Waals surface area contributed by atoms with E-state index in [0.29, 0.717) is 33.4 Å². The van der Waals surface area contributed by atoms with Crippen molar-refractivity contribution in [3.63, 3.8) is 0 Å². The van der Waals surface area contributed by atoms with E-state index >= 15 is 0 Å². The molecule has 0 aliphatic rings. The average Bonchev–Trinajstić information content (AvgIpc) is 3.64. The highest BCUT2D eigenvalue weighted by Crippen LogP contribution is 2.25. The van der Waals surface area contributed by atoms with Gasteiger partial charge in [-0.05, 0) is 49.6 Å². The van der Waals surface area contributed by atoms with Crippen LogP contribution < -0.4 is 22.3 Å². The lowest BCUT2D eigenvalue weighted by molar-refractivity contribution is 0.0941. The molecule has 14 heteroatoms. The second-order valence-electron chi connectivity index (χ2n) is 10.3. The number of H-pyrrole nitrogens is 1. The van der Waals surface area contributed by atoms with Crippen molar-refractivity contribution >= 4 is 38.0 Å². The maximum absolute atomic E-state index is 14.3. The third kappa shape index (κ3) is 5.20. The number of nitrogen functional groups attached to an aromatic ring is 1. The van der Waals surface area contributed by atoms with Crippen LogP contribution in [0.2, 0.25) is 0 Å². The number of fused-ring (bicyclic) bond motifs is 2. The van der Waals surface area contributed by atoms with Gasteiger partial charge in [0.15, 0.2) is 16.5 Å². The van der Waals surface area contributed by atoms with Crippen LogP contribution in [-0.4, -0.2) is 49.1 Å². The number of sulfone groups is 1. The minimum atomic E-state index is -3.88. The first-order valence-corrected chi connectivity index (χ1v) is 15.3. The van der Waals surface area contributed by atoms with Crippen molar-refractivity contribution in [2.75, 3.05) is 5.73 Å². The standard InChI is InChI=1S/C31H27N9O4S/c1-18(36-29(41)26-27(33)38-39-15-7-14-34-28(26)39)24-16-21-9-6-8-20(25(21)31(42)40(24)23-10-4-3-5-11-23)12-13-22-17-35-37-30(22)45(43,44)19(2)32/h3-11,14-19H,32H2,1-2H3,(H2,33,38)(H,35,37)(H,36,41)/t18-,19?/m1/s1. The molecule has 6 N–H and O–H groups in total. The summed E-state index contributed by atoms with van der Waals surface area (Å²) in [5, 5.41) is 12.9. The van der Waals surface area contributed by atoms with Crippen molar-refractivity contribution in [2.24, 2.45) is 5.73 Å². The molecule has 0 aliphatic heterocycles. The fourth-order valence-corrected chi connectivity index (χ4v) is 5.98. The monoisotopic (exact) mass is 621 g/mol. The number of amides is 1. The van der Waals surface area contributed by atoms with Crippen molar-refractivity contribution in [2.45, 2.75) is 30.3 Å². The Morgan fingerprint density at radius 2 is 1.80 bits per heavy atom. The zero-order valence-electron chi connectivity index (χ0n) is 24.1. The molecule has 6 rings (SSSR count). The molecule has 0 aliphatic carbocycles. The highest BCUT2D eigenvalue weighted by atomic mass is 32.2. The van der Waals surface area contributed by atoms with E-state index in [9.17, 15) is 18.0 Å². The van der Waals surface area contributed by atoms with E-state index in [1.807, 2.05) is 6.07 Å². The van der Waals surface area contributed by atoms with Crippen LogP contribution in [-0.2, 0) is 9.84 Å². The van der Waals surface area contributed by atoms with Gasteiger partial charge in [0, 0.05) is 29.3 Å². The molecule has 0 spiro atoms. The van der Waals surface area contributed by atoms with Gasteiger partial charge in [0.05, 0.1) is 23.2 Å². The largest absolute Gasteiger partial charge is 0.381 e. The van der Waals surface area contributed by atoms with E-state index in [0.717, 1.165) is 0 Å². The third-order valence-corrected chi connectivity index (χ3v) is 9.10. The van der Waals surface area contributed by atoms with Crippen LogP contribution in [0.25, 0.3) is 22.1 Å². The Balaban J connectivity index is 1.47. The molecule has 2 atom stereocenters. The number of aromatic nitrogens is 6. The number of pyridine rings is 1. The number of nitrogens with two attached hydrogens (primary N) is 2. The van der Waals surface area contributed by atoms with Crippen LogP contribution in [0.4, 0.5) is 5.82 Å². The Labute approximate surface area is 256 Å². The first kappa shape index (κ1) is 29.3. The Kier molecular flexibility index (Phi) is 7.41. The first-order valence-electron chi connectivity index (χ1n) is 13.8. The summed E-state index contributed by atoms with van der Waals surface area (Å²) < 4.78 is 28.3. The number of rotatable bonds is 6. The minimum absolute atomic E-state index is 0.0232. The molecular formula is C31H27N9O4S. The number of carbonyl (C=O) groups excluding carboxylic acids is 1. The summed E-state index contributed by atoms with van der Waals surface area (Å²) in [7, 11) is -3.88. The molecule has 4 heterocycles. The second kappa shape index (κ2) is 11.4. The predicted octanol–water partition coefficient (Wildman–Crippen LogP) is 2.31. The SMILES string of the molecule is CC(N)S(=O)(=O)c1[nH]ncc1C#Cc1cccc2cc([C@@H](C)NC(=O)c3c(N)nn4cccnc34)n(-c3ccccc3)c(=O)c12. The van der Waals surface area contributed by atoms with Crippen molar-refractivity contribution in [1.82, 2.24) is 34.7 Å². The summed E-state index contributed by atoms with van der Waals surface area (Å²) in [5.74, 6) is 5.32. The molecule has 0 saturated heterocycles. The number of anilines is 1.